The van der Waals surface area contributed by atoms with Crippen molar-refractivity contribution >= 4 is 11.7 Å². The van der Waals surface area contributed by atoms with Gasteiger partial charge in [0, 0.05) is 19.9 Å². The third-order valence-electron chi connectivity index (χ3n) is 2.11. The van der Waals surface area contributed by atoms with Gasteiger partial charge in [0.2, 0.25) is 0 Å². The molecular weight excluding hydrogens is 210 g/mol. The van der Waals surface area contributed by atoms with E-state index in [1.165, 1.54) is 6.07 Å². The maximum Gasteiger partial charge on any atom is 0.335 e. The lowest BCUT2D eigenvalue weighted by Gasteiger charge is -2.15. The normalized spacial score (nSPS) is 10.4. The fraction of sp³-hybridized carbons (Fsp3) is 0.364. The highest BCUT2D eigenvalue weighted by Gasteiger charge is 2.06. The summed E-state index contributed by atoms with van der Waals surface area (Å²) in [6.07, 6.45) is -0.353. The Morgan fingerprint density at radius 2 is 2.12 bits per heavy atom. The van der Waals surface area contributed by atoms with Crippen molar-refractivity contribution in [3.63, 3.8) is 0 Å². The molecular formula is C11H15NO4. The molecule has 5 nitrogen and oxygen atoms in total. The quantitative estimate of drug-likeness (QED) is 0.716. The van der Waals surface area contributed by atoms with Crippen LogP contribution >= 0.6 is 0 Å². The van der Waals surface area contributed by atoms with Crippen LogP contribution in [0.2, 0.25) is 0 Å². The second-order valence-corrected chi connectivity index (χ2v) is 3.17. The van der Waals surface area contributed by atoms with Gasteiger partial charge in [0.05, 0.1) is 12.1 Å². The lowest BCUT2D eigenvalue weighted by Crippen LogP contribution is -2.23. The second kappa shape index (κ2) is 6.09. The summed E-state index contributed by atoms with van der Waals surface area (Å²) < 4.78 is 10.00. The van der Waals surface area contributed by atoms with E-state index in [4.69, 9.17) is 14.6 Å². The molecule has 0 amide bonds. The zero-order valence-electron chi connectivity index (χ0n) is 9.27. The van der Waals surface area contributed by atoms with Crippen LogP contribution in [0.4, 0.5) is 5.69 Å². The number of ether oxygens (including phenoxy) is 2. The third kappa shape index (κ3) is 3.52. The summed E-state index contributed by atoms with van der Waals surface area (Å²) in [5, 5.41) is 11.8. The molecule has 0 saturated heterocycles. The van der Waals surface area contributed by atoms with E-state index < -0.39 is 5.97 Å². The van der Waals surface area contributed by atoms with Gasteiger partial charge in [-0.1, -0.05) is 6.07 Å². The summed E-state index contributed by atoms with van der Waals surface area (Å²) in [6.45, 7) is 0.454. The van der Waals surface area contributed by atoms with Crippen molar-refractivity contribution in [1.29, 1.82) is 0 Å². The van der Waals surface area contributed by atoms with Gasteiger partial charge in [0.25, 0.3) is 0 Å². The predicted octanol–water partition coefficient (Wildman–Crippen LogP) is 1.42. The molecule has 5 heteroatoms. The van der Waals surface area contributed by atoms with Gasteiger partial charge in [-0.05, 0) is 18.2 Å². The fourth-order valence-electron chi connectivity index (χ4n) is 1.23. The van der Waals surface area contributed by atoms with Gasteiger partial charge in [0.1, 0.15) is 0 Å². The first-order chi connectivity index (χ1) is 7.67. The number of hydrogen-bond acceptors (Lipinski definition) is 4. The van der Waals surface area contributed by atoms with E-state index in [1.54, 1.807) is 32.4 Å². The fourth-order valence-corrected chi connectivity index (χ4v) is 1.23. The Balaban J connectivity index is 2.60. The Hall–Kier alpha value is -1.59. The molecule has 88 valence electrons. The molecule has 16 heavy (non-hydrogen) atoms. The number of hydrogen-bond donors (Lipinski definition) is 2. The Labute approximate surface area is 94.0 Å². The number of methoxy groups -OCH3 is 2. The van der Waals surface area contributed by atoms with Crippen LogP contribution in [0.15, 0.2) is 24.3 Å². The average molecular weight is 225 g/mol. The summed E-state index contributed by atoms with van der Waals surface area (Å²) in [4.78, 5) is 10.7. The van der Waals surface area contributed by atoms with E-state index in [1.807, 2.05) is 0 Å². The zero-order chi connectivity index (χ0) is 12.0. The molecule has 0 heterocycles. The standard InChI is InChI=1S/C11H15NO4/c1-15-10(16-2)7-12-9-5-3-4-8(6-9)11(13)14/h3-6,10,12H,7H2,1-2H3,(H,13,14). The molecule has 0 aliphatic heterocycles. The van der Waals surface area contributed by atoms with E-state index in [2.05, 4.69) is 5.32 Å². The Bertz CT molecular complexity index is 350. The number of nitrogens with one attached hydrogen (secondary N) is 1. The van der Waals surface area contributed by atoms with Gasteiger partial charge in [-0.2, -0.15) is 0 Å². The summed E-state index contributed by atoms with van der Waals surface area (Å²) in [6, 6.07) is 6.57. The Morgan fingerprint density at radius 3 is 2.69 bits per heavy atom. The molecule has 0 saturated carbocycles. The maximum atomic E-state index is 10.7. The molecule has 1 rings (SSSR count). The predicted molar refractivity (Wildman–Crippen MR) is 59.7 cm³/mol. The summed E-state index contributed by atoms with van der Waals surface area (Å²) >= 11 is 0. The van der Waals surface area contributed by atoms with Crippen molar-refractivity contribution in [2.24, 2.45) is 0 Å². The molecule has 1 aromatic carbocycles. The summed E-state index contributed by atoms with van der Waals surface area (Å²) in [5.41, 5.74) is 0.968. The SMILES string of the molecule is COC(CNc1cccc(C(=O)O)c1)OC. The Kier molecular flexibility index (Phi) is 4.75. The highest BCUT2D eigenvalue weighted by molar-refractivity contribution is 5.88. The molecule has 0 radical (unpaired) electrons. The highest BCUT2D eigenvalue weighted by atomic mass is 16.7. The first kappa shape index (κ1) is 12.5. The van der Waals surface area contributed by atoms with Crippen molar-refractivity contribution in [3.8, 4) is 0 Å². The zero-order valence-corrected chi connectivity index (χ0v) is 9.27. The minimum Gasteiger partial charge on any atom is -0.478 e. The van der Waals surface area contributed by atoms with Crippen LogP contribution in [-0.2, 0) is 9.47 Å². The summed E-state index contributed by atoms with van der Waals surface area (Å²) in [7, 11) is 3.09. The lowest BCUT2D eigenvalue weighted by molar-refractivity contribution is -0.0914. The van der Waals surface area contributed by atoms with Crippen LogP contribution in [-0.4, -0.2) is 38.1 Å². The minimum absolute atomic E-state index is 0.247. The molecule has 0 bridgehead atoms. The molecule has 0 atom stereocenters. The summed E-state index contributed by atoms with van der Waals surface area (Å²) in [5.74, 6) is -0.946. The van der Waals surface area contributed by atoms with E-state index in [0.29, 0.717) is 6.54 Å². The average Bonchev–Trinajstić information content (AvgIpc) is 2.31. The number of benzene rings is 1. The number of anilines is 1. The number of rotatable bonds is 6. The molecule has 0 aromatic heterocycles. The van der Waals surface area contributed by atoms with Gasteiger partial charge in [-0.25, -0.2) is 4.79 Å². The van der Waals surface area contributed by atoms with Crippen molar-refractivity contribution in [3.05, 3.63) is 29.8 Å². The number of carbonyl (C=O) groups is 1. The Morgan fingerprint density at radius 1 is 1.44 bits per heavy atom. The van der Waals surface area contributed by atoms with Crippen LogP contribution in [0.1, 0.15) is 10.4 Å². The molecule has 0 spiro atoms. The molecule has 0 aliphatic carbocycles. The maximum absolute atomic E-state index is 10.7. The van der Waals surface area contributed by atoms with Crippen molar-refractivity contribution in [1.82, 2.24) is 0 Å². The van der Waals surface area contributed by atoms with Gasteiger partial charge in [-0.15, -0.1) is 0 Å². The number of carboxylic acid groups (broad SMARTS) is 1. The monoisotopic (exact) mass is 225 g/mol. The number of aromatic carboxylic acids is 1. The van der Waals surface area contributed by atoms with Gasteiger partial charge in [0.15, 0.2) is 6.29 Å². The van der Waals surface area contributed by atoms with Crippen LogP contribution in [0, 0.1) is 0 Å². The largest absolute Gasteiger partial charge is 0.478 e. The lowest BCUT2D eigenvalue weighted by atomic mass is 10.2. The first-order valence-corrected chi connectivity index (χ1v) is 4.80. The van der Waals surface area contributed by atoms with Crippen molar-refractivity contribution in [2.45, 2.75) is 6.29 Å². The second-order valence-electron chi connectivity index (χ2n) is 3.17. The van der Waals surface area contributed by atoms with Crippen molar-refractivity contribution in [2.75, 3.05) is 26.1 Å². The molecule has 0 fully saturated rings. The van der Waals surface area contributed by atoms with Gasteiger partial charge < -0.3 is 19.9 Å². The molecule has 0 unspecified atom stereocenters. The van der Waals surface area contributed by atoms with Gasteiger partial charge >= 0.3 is 5.97 Å². The molecule has 1 aromatic rings. The van der Waals surface area contributed by atoms with Crippen LogP contribution in [0.5, 0.6) is 0 Å². The van der Waals surface area contributed by atoms with Crippen LogP contribution in [0.25, 0.3) is 0 Å². The van der Waals surface area contributed by atoms with E-state index in [0.717, 1.165) is 5.69 Å². The first-order valence-electron chi connectivity index (χ1n) is 4.80. The minimum atomic E-state index is -0.946. The van der Waals surface area contributed by atoms with E-state index in [-0.39, 0.29) is 11.9 Å². The third-order valence-corrected chi connectivity index (χ3v) is 2.11. The topological polar surface area (TPSA) is 67.8 Å². The van der Waals surface area contributed by atoms with Gasteiger partial charge in [-0.3, -0.25) is 0 Å². The highest BCUT2D eigenvalue weighted by Crippen LogP contribution is 2.10. The van der Waals surface area contributed by atoms with Crippen molar-refractivity contribution < 1.29 is 19.4 Å². The smallest absolute Gasteiger partial charge is 0.335 e. The van der Waals surface area contributed by atoms with Crippen LogP contribution in [0.3, 0.4) is 0 Å². The van der Waals surface area contributed by atoms with E-state index in [9.17, 15) is 4.79 Å². The van der Waals surface area contributed by atoms with Crippen LogP contribution < -0.4 is 5.32 Å². The van der Waals surface area contributed by atoms with E-state index >= 15 is 0 Å². The molecule has 2 N–H and O–H groups in total. The number of carboxylic acids is 1. The molecule has 0 aliphatic rings.